The van der Waals surface area contributed by atoms with E-state index in [-0.39, 0.29) is 11.8 Å². The predicted molar refractivity (Wildman–Crippen MR) is 50.6 cm³/mol. The molecule has 0 heterocycles. The molecule has 1 rings (SSSR count). The smallest absolute Gasteiger partial charge is 0.165 e. The topological polar surface area (TPSA) is 35.2 Å². The molecule has 0 saturated heterocycles. The molecule has 72 valence electrons. The molecule has 1 aromatic rings. The number of hydrogen-bond donors (Lipinski definition) is 1. The standard InChI is InChI=1S/C9H11ClFNO/c1-5(12)8-6(10)3-4-7(11)9(8)13-2/h3-5H,12H2,1-2H3. The van der Waals surface area contributed by atoms with Crippen molar-refractivity contribution < 1.29 is 9.13 Å². The van der Waals surface area contributed by atoms with Crippen LogP contribution in [-0.2, 0) is 0 Å². The summed E-state index contributed by atoms with van der Waals surface area (Å²) in [5.41, 5.74) is 6.13. The van der Waals surface area contributed by atoms with Crippen molar-refractivity contribution >= 4 is 11.6 Å². The van der Waals surface area contributed by atoms with Gasteiger partial charge in [-0.1, -0.05) is 11.6 Å². The minimum atomic E-state index is -0.445. The summed E-state index contributed by atoms with van der Waals surface area (Å²) >= 11 is 5.85. The van der Waals surface area contributed by atoms with Gasteiger partial charge < -0.3 is 10.5 Å². The molecule has 0 aliphatic carbocycles. The molecule has 2 nitrogen and oxygen atoms in total. The highest BCUT2D eigenvalue weighted by Gasteiger charge is 2.15. The lowest BCUT2D eigenvalue weighted by Crippen LogP contribution is -2.08. The molecule has 0 saturated carbocycles. The Morgan fingerprint density at radius 2 is 2.15 bits per heavy atom. The number of hydrogen-bond acceptors (Lipinski definition) is 2. The lowest BCUT2D eigenvalue weighted by molar-refractivity contribution is 0.379. The highest BCUT2D eigenvalue weighted by Crippen LogP contribution is 2.33. The Kier molecular flexibility index (Phi) is 3.12. The normalized spacial score (nSPS) is 12.7. The first-order valence-electron chi connectivity index (χ1n) is 3.85. The summed E-state index contributed by atoms with van der Waals surface area (Å²) in [6.07, 6.45) is 0. The SMILES string of the molecule is COc1c(F)ccc(Cl)c1C(C)N. The van der Waals surface area contributed by atoms with Crippen molar-refractivity contribution in [2.24, 2.45) is 5.73 Å². The summed E-state index contributed by atoms with van der Waals surface area (Å²) in [5.74, 6) is -0.318. The number of rotatable bonds is 2. The molecule has 0 amide bonds. The van der Waals surface area contributed by atoms with Crippen LogP contribution in [0.4, 0.5) is 4.39 Å². The Morgan fingerprint density at radius 1 is 1.54 bits per heavy atom. The van der Waals surface area contributed by atoms with Gasteiger partial charge in [-0.3, -0.25) is 0 Å². The molecule has 4 heteroatoms. The summed E-state index contributed by atoms with van der Waals surface area (Å²) < 4.78 is 18.0. The maximum absolute atomic E-state index is 13.2. The third-order valence-electron chi connectivity index (χ3n) is 1.75. The molecule has 1 atom stereocenters. The van der Waals surface area contributed by atoms with Crippen LogP contribution in [0.2, 0.25) is 5.02 Å². The quantitative estimate of drug-likeness (QED) is 0.802. The van der Waals surface area contributed by atoms with E-state index in [9.17, 15) is 4.39 Å². The van der Waals surface area contributed by atoms with E-state index in [0.717, 1.165) is 0 Å². The van der Waals surface area contributed by atoms with Gasteiger partial charge in [0.05, 0.1) is 7.11 Å². The van der Waals surface area contributed by atoms with E-state index in [2.05, 4.69) is 0 Å². The van der Waals surface area contributed by atoms with E-state index in [1.165, 1.54) is 19.2 Å². The van der Waals surface area contributed by atoms with Crippen molar-refractivity contribution in [1.29, 1.82) is 0 Å². The maximum atomic E-state index is 13.2. The fourth-order valence-electron chi connectivity index (χ4n) is 1.18. The van der Waals surface area contributed by atoms with Crippen molar-refractivity contribution in [2.45, 2.75) is 13.0 Å². The highest BCUT2D eigenvalue weighted by molar-refractivity contribution is 6.31. The van der Waals surface area contributed by atoms with E-state index < -0.39 is 5.82 Å². The first kappa shape index (κ1) is 10.3. The predicted octanol–water partition coefficient (Wildman–Crippen LogP) is 2.51. The zero-order valence-corrected chi connectivity index (χ0v) is 8.23. The molecular formula is C9H11ClFNO. The summed E-state index contributed by atoms with van der Waals surface area (Å²) in [5, 5.41) is 0.424. The Balaban J connectivity index is 3.35. The van der Waals surface area contributed by atoms with E-state index in [1.54, 1.807) is 6.92 Å². The molecular weight excluding hydrogens is 193 g/mol. The van der Waals surface area contributed by atoms with Gasteiger partial charge in [0.15, 0.2) is 11.6 Å². The molecule has 1 aromatic carbocycles. The molecule has 0 bridgehead atoms. The van der Waals surface area contributed by atoms with Gasteiger partial charge >= 0.3 is 0 Å². The second-order valence-electron chi connectivity index (χ2n) is 2.76. The van der Waals surface area contributed by atoms with Crippen LogP contribution >= 0.6 is 11.6 Å². The lowest BCUT2D eigenvalue weighted by atomic mass is 10.1. The summed E-state index contributed by atoms with van der Waals surface area (Å²) in [7, 11) is 1.39. The maximum Gasteiger partial charge on any atom is 0.165 e. The fraction of sp³-hybridized carbons (Fsp3) is 0.333. The van der Waals surface area contributed by atoms with Crippen LogP contribution in [-0.4, -0.2) is 7.11 Å². The van der Waals surface area contributed by atoms with Crippen molar-refractivity contribution in [3.8, 4) is 5.75 Å². The molecule has 0 aromatic heterocycles. The molecule has 1 unspecified atom stereocenters. The molecule has 2 N–H and O–H groups in total. The first-order chi connectivity index (χ1) is 6.07. The lowest BCUT2D eigenvalue weighted by Gasteiger charge is -2.13. The van der Waals surface area contributed by atoms with Crippen LogP contribution < -0.4 is 10.5 Å². The largest absolute Gasteiger partial charge is 0.493 e. The van der Waals surface area contributed by atoms with Crippen molar-refractivity contribution in [3.05, 3.63) is 28.5 Å². The molecule has 0 radical (unpaired) electrons. The monoisotopic (exact) mass is 203 g/mol. The number of benzene rings is 1. The van der Waals surface area contributed by atoms with E-state index in [1.807, 2.05) is 0 Å². The van der Waals surface area contributed by atoms with Gasteiger partial charge in [-0.15, -0.1) is 0 Å². The van der Waals surface area contributed by atoms with Gasteiger partial charge in [-0.2, -0.15) is 0 Å². The zero-order valence-electron chi connectivity index (χ0n) is 7.47. The van der Waals surface area contributed by atoms with Gasteiger partial charge in [-0.25, -0.2) is 4.39 Å². The van der Waals surface area contributed by atoms with Crippen LogP contribution in [0.3, 0.4) is 0 Å². The average Bonchev–Trinajstić information content (AvgIpc) is 2.07. The second-order valence-corrected chi connectivity index (χ2v) is 3.17. The number of halogens is 2. The second kappa shape index (κ2) is 3.94. The number of ether oxygens (including phenoxy) is 1. The van der Waals surface area contributed by atoms with Crippen molar-refractivity contribution in [1.82, 2.24) is 0 Å². The Morgan fingerprint density at radius 3 is 2.54 bits per heavy atom. The molecule has 13 heavy (non-hydrogen) atoms. The van der Waals surface area contributed by atoms with Gasteiger partial charge in [0, 0.05) is 16.6 Å². The fourth-order valence-corrected chi connectivity index (χ4v) is 1.50. The van der Waals surface area contributed by atoms with Gasteiger partial charge in [0.25, 0.3) is 0 Å². The van der Waals surface area contributed by atoms with Gasteiger partial charge in [0.2, 0.25) is 0 Å². The highest BCUT2D eigenvalue weighted by atomic mass is 35.5. The summed E-state index contributed by atoms with van der Waals surface area (Å²) in [4.78, 5) is 0. The Bertz CT molecular complexity index is 315. The van der Waals surface area contributed by atoms with Crippen LogP contribution in [0.15, 0.2) is 12.1 Å². The van der Waals surface area contributed by atoms with Gasteiger partial charge in [0.1, 0.15) is 0 Å². The number of methoxy groups -OCH3 is 1. The van der Waals surface area contributed by atoms with Crippen molar-refractivity contribution in [2.75, 3.05) is 7.11 Å². The third kappa shape index (κ3) is 1.92. The molecule has 0 spiro atoms. The van der Waals surface area contributed by atoms with Crippen LogP contribution in [0.25, 0.3) is 0 Å². The van der Waals surface area contributed by atoms with Crippen LogP contribution in [0, 0.1) is 5.82 Å². The summed E-state index contributed by atoms with van der Waals surface area (Å²) in [6.45, 7) is 1.73. The molecule has 0 aliphatic heterocycles. The van der Waals surface area contributed by atoms with Crippen LogP contribution in [0.1, 0.15) is 18.5 Å². The zero-order chi connectivity index (χ0) is 10.0. The van der Waals surface area contributed by atoms with Crippen molar-refractivity contribution in [3.63, 3.8) is 0 Å². The minimum Gasteiger partial charge on any atom is -0.493 e. The number of nitrogens with two attached hydrogens (primary N) is 1. The first-order valence-corrected chi connectivity index (χ1v) is 4.23. The Labute approximate surface area is 81.4 Å². The minimum absolute atomic E-state index is 0.127. The Hall–Kier alpha value is -0.800. The van der Waals surface area contributed by atoms with E-state index in [0.29, 0.717) is 10.6 Å². The average molecular weight is 204 g/mol. The van der Waals surface area contributed by atoms with E-state index >= 15 is 0 Å². The van der Waals surface area contributed by atoms with Crippen LogP contribution in [0.5, 0.6) is 5.75 Å². The van der Waals surface area contributed by atoms with E-state index in [4.69, 9.17) is 22.1 Å². The third-order valence-corrected chi connectivity index (χ3v) is 2.08. The molecule has 0 aliphatic rings. The summed E-state index contributed by atoms with van der Waals surface area (Å²) in [6, 6.07) is 2.38. The van der Waals surface area contributed by atoms with Gasteiger partial charge in [-0.05, 0) is 19.1 Å². The molecule has 0 fully saturated rings.